The van der Waals surface area contributed by atoms with Crippen molar-refractivity contribution in [1.82, 2.24) is 25.4 Å². The number of carbonyl (C=O) groups excluding carboxylic acids is 1. The number of aliphatic imine (C=N–C) groups is 1. The van der Waals surface area contributed by atoms with Crippen LogP contribution in [-0.2, 0) is 11.3 Å². The van der Waals surface area contributed by atoms with Crippen LogP contribution >= 0.6 is 24.0 Å². The zero-order valence-electron chi connectivity index (χ0n) is 19.1. The Labute approximate surface area is 203 Å². The van der Waals surface area contributed by atoms with Crippen LogP contribution in [-0.4, -0.2) is 86.6 Å². The molecule has 0 atom stereocenters. The molecule has 2 aliphatic rings. The fourth-order valence-corrected chi connectivity index (χ4v) is 4.16. The lowest BCUT2D eigenvalue weighted by molar-refractivity contribution is -0.121. The average molecular weight is 543 g/mol. The lowest BCUT2D eigenvalue weighted by atomic mass is 9.93. The number of hydrogen-bond acceptors (Lipinski definition) is 5. The topological polar surface area (TPSA) is 76.1 Å². The Bertz CT molecular complexity index is 714. The first-order chi connectivity index (χ1) is 14.6. The molecule has 0 spiro atoms. The fraction of sp³-hybridized carbons (Fsp3) is 0.682. The number of aromatic nitrogens is 1. The number of nitrogens with zero attached hydrogens (tertiary/aromatic N) is 5. The van der Waals surface area contributed by atoms with Crippen molar-refractivity contribution in [2.24, 2.45) is 10.9 Å². The predicted molar refractivity (Wildman–Crippen MR) is 137 cm³/mol. The lowest BCUT2D eigenvalue weighted by Gasteiger charge is -2.35. The summed E-state index contributed by atoms with van der Waals surface area (Å²) in [6.45, 7) is 9.57. The van der Waals surface area contributed by atoms with Gasteiger partial charge < -0.3 is 25.3 Å². The van der Waals surface area contributed by atoms with E-state index in [1.807, 2.05) is 12.3 Å². The highest BCUT2D eigenvalue weighted by Crippen LogP contribution is 2.22. The van der Waals surface area contributed by atoms with Gasteiger partial charge in [-0.1, -0.05) is 6.07 Å². The summed E-state index contributed by atoms with van der Waals surface area (Å²) in [5.74, 6) is 2.63. The molecule has 0 unspecified atom stereocenters. The van der Waals surface area contributed by atoms with Crippen molar-refractivity contribution in [1.29, 1.82) is 0 Å². The second-order valence-electron chi connectivity index (χ2n) is 8.25. The number of guanidine groups is 1. The third-order valence-electron chi connectivity index (χ3n) is 6.07. The third kappa shape index (κ3) is 7.48. The van der Waals surface area contributed by atoms with E-state index in [4.69, 9.17) is 4.99 Å². The number of halogens is 1. The maximum absolute atomic E-state index is 11.7. The molecule has 0 aromatic carbocycles. The molecule has 2 saturated heterocycles. The number of carbonyl (C=O) groups is 1. The van der Waals surface area contributed by atoms with Crippen LogP contribution in [0.1, 0.15) is 31.7 Å². The fourth-order valence-electron chi connectivity index (χ4n) is 4.16. The van der Waals surface area contributed by atoms with Crippen LogP contribution in [0.5, 0.6) is 0 Å². The second-order valence-corrected chi connectivity index (χ2v) is 8.25. The first-order valence-corrected chi connectivity index (χ1v) is 11.2. The van der Waals surface area contributed by atoms with E-state index in [2.05, 4.69) is 50.4 Å². The van der Waals surface area contributed by atoms with Crippen LogP contribution in [0, 0.1) is 5.92 Å². The van der Waals surface area contributed by atoms with Crippen molar-refractivity contribution < 1.29 is 4.79 Å². The minimum absolute atomic E-state index is 0. The van der Waals surface area contributed by atoms with Crippen LogP contribution in [0.25, 0.3) is 0 Å². The number of hydrogen-bond donors (Lipinski definition) is 2. The van der Waals surface area contributed by atoms with Crippen molar-refractivity contribution in [3.8, 4) is 0 Å². The number of likely N-dealkylation sites (tertiary alicyclic amines) is 1. The summed E-state index contributed by atoms with van der Waals surface area (Å²) >= 11 is 0. The number of amides is 1. The highest BCUT2D eigenvalue weighted by molar-refractivity contribution is 14.0. The number of anilines is 1. The van der Waals surface area contributed by atoms with E-state index in [9.17, 15) is 4.79 Å². The van der Waals surface area contributed by atoms with E-state index >= 15 is 0 Å². The second kappa shape index (κ2) is 13.0. The molecule has 31 heavy (non-hydrogen) atoms. The standard InChI is InChI=1S/C22H37N7O.HI/c1-4-24-22(29-10-7-18(8-11-29)16-20(30)23-2)26-17-19-6-5-9-25-21(19)28-14-12-27(3)13-15-28;/h5-6,9,18H,4,7-8,10-17H2,1-3H3,(H,23,30)(H,24,26);1H. The number of piperazine rings is 1. The summed E-state index contributed by atoms with van der Waals surface area (Å²) < 4.78 is 0. The van der Waals surface area contributed by atoms with Crippen molar-refractivity contribution in [2.45, 2.75) is 32.7 Å². The summed E-state index contributed by atoms with van der Waals surface area (Å²) in [7, 11) is 3.88. The Hall–Kier alpha value is -1.62. The maximum Gasteiger partial charge on any atom is 0.220 e. The summed E-state index contributed by atoms with van der Waals surface area (Å²) in [4.78, 5) is 28.4. The molecule has 3 heterocycles. The third-order valence-corrected chi connectivity index (χ3v) is 6.07. The Kier molecular flexibility index (Phi) is 10.8. The molecule has 1 amide bonds. The molecule has 174 valence electrons. The number of pyridine rings is 1. The van der Waals surface area contributed by atoms with Crippen LogP contribution < -0.4 is 15.5 Å². The van der Waals surface area contributed by atoms with E-state index in [1.165, 1.54) is 5.56 Å². The average Bonchev–Trinajstić information content (AvgIpc) is 2.78. The molecule has 2 aliphatic heterocycles. The van der Waals surface area contributed by atoms with E-state index in [0.29, 0.717) is 18.9 Å². The molecule has 2 N–H and O–H groups in total. The first-order valence-electron chi connectivity index (χ1n) is 11.2. The lowest BCUT2D eigenvalue weighted by Crippen LogP contribution is -2.46. The zero-order chi connectivity index (χ0) is 21.3. The van der Waals surface area contributed by atoms with Gasteiger partial charge in [-0.2, -0.15) is 0 Å². The molecule has 0 aliphatic carbocycles. The van der Waals surface area contributed by atoms with Gasteiger partial charge in [0.25, 0.3) is 0 Å². The SMILES string of the molecule is CCNC(=NCc1cccnc1N1CCN(C)CC1)N1CCC(CC(=O)NC)CC1.I. The van der Waals surface area contributed by atoms with Gasteiger partial charge in [0.2, 0.25) is 5.91 Å². The van der Waals surface area contributed by atoms with Crippen molar-refractivity contribution in [3.05, 3.63) is 23.9 Å². The highest BCUT2D eigenvalue weighted by Gasteiger charge is 2.23. The first kappa shape index (κ1) is 25.6. The van der Waals surface area contributed by atoms with E-state index in [-0.39, 0.29) is 29.9 Å². The molecule has 0 saturated carbocycles. The minimum atomic E-state index is 0. The van der Waals surface area contributed by atoms with Gasteiger partial charge in [-0.25, -0.2) is 9.98 Å². The van der Waals surface area contributed by atoms with Crippen LogP contribution in [0.4, 0.5) is 5.82 Å². The Morgan fingerprint density at radius 1 is 1.19 bits per heavy atom. The zero-order valence-corrected chi connectivity index (χ0v) is 21.5. The van der Waals surface area contributed by atoms with Crippen molar-refractivity contribution >= 4 is 41.7 Å². The molecule has 3 rings (SSSR count). The molecular formula is C22H38IN7O. The molecule has 2 fully saturated rings. The van der Waals surface area contributed by atoms with Crippen LogP contribution in [0.15, 0.2) is 23.3 Å². The molecule has 9 heteroatoms. The predicted octanol–water partition coefficient (Wildman–Crippen LogP) is 1.77. The summed E-state index contributed by atoms with van der Waals surface area (Å²) in [6, 6.07) is 4.14. The van der Waals surface area contributed by atoms with E-state index in [1.54, 1.807) is 7.05 Å². The van der Waals surface area contributed by atoms with Crippen LogP contribution in [0.2, 0.25) is 0 Å². The van der Waals surface area contributed by atoms with Crippen molar-refractivity contribution in [3.63, 3.8) is 0 Å². The molecule has 0 bridgehead atoms. The number of piperidine rings is 1. The smallest absolute Gasteiger partial charge is 0.220 e. The number of likely N-dealkylation sites (N-methyl/N-ethyl adjacent to an activating group) is 1. The highest BCUT2D eigenvalue weighted by atomic mass is 127. The molecular weight excluding hydrogens is 505 g/mol. The van der Waals surface area contributed by atoms with Gasteiger partial charge >= 0.3 is 0 Å². The molecule has 0 radical (unpaired) electrons. The largest absolute Gasteiger partial charge is 0.359 e. The quantitative estimate of drug-likeness (QED) is 0.324. The Morgan fingerprint density at radius 2 is 1.90 bits per heavy atom. The van der Waals surface area contributed by atoms with Gasteiger partial charge in [0.1, 0.15) is 5.82 Å². The van der Waals surface area contributed by atoms with Gasteiger partial charge in [0.15, 0.2) is 5.96 Å². The van der Waals surface area contributed by atoms with Gasteiger partial charge in [-0.3, -0.25) is 4.79 Å². The molecule has 1 aromatic rings. The maximum atomic E-state index is 11.7. The van der Waals surface area contributed by atoms with Gasteiger partial charge in [-0.15, -0.1) is 24.0 Å². The normalized spacial score (nSPS) is 18.5. The summed E-state index contributed by atoms with van der Waals surface area (Å²) in [5.41, 5.74) is 1.17. The van der Waals surface area contributed by atoms with Crippen LogP contribution in [0.3, 0.4) is 0 Å². The van der Waals surface area contributed by atoms with Crippen molar-refractivity contribution in [2.75, 3.05) is 64.8 Å². The molecule has 8 nitrogen and oxygen atoms in total. The summed E-state index contributed by atoms with van der Waals surface area (Å²) in [6.07, 6.45) is 4.56. The van der Waals surface area contributed by atoms with Gasteiger partial charge in [-0.05, 0) is 38.8 Å². The van der Waals surface area contributed by atoms with Gasteiger partial charge in [0.05, 0.1) is 6.54 Å². The monoisotopic (exact) mass is 543 g/mol. The molecule has 1 aromatic heterocycles. The Morgan fingerprint density at radius 3 is 2.55 bits per heavy atom. The minimum Gasteiger partial charge on any atom is -0.359 e. The number of nitrogens with one attached hydrogen (secondary N) is 2. The van der Waals surface area contributed by atoms with E-state index < -0.39 is 0 Å². The van der Waals surface area contributed by atoms with Gasteiger partial charge in [0, 0.05) is 71.0 Å². The number of rotatable bonds is 6. The summed E-state index contributed by atoms with van der Waals surface area (Å²) in [5, 5.41) is 6.19. The Balaban J connectivity index is 0.00000341. The van der Waals surface area contributed by atoms with E-state index in [0.717, 1.165) is 70.4 Å².